The van der Waals surface area contributed by atoms with Gasteiger partial charge in [-0.3, -0.25) is 0 Å². The van der Waals surface area contributed by atoms with Crippen LogP contribution in [0.4, 0.5) is 0 Å². The quantitative estimate of drug-likeness (QED) is 0.0233. The third kappa shape index (κ3) is 21.9. The Morgan fingerprint density at radius 2 is 0.510 bits per heavy atom. The number of hydrogen-bond donors (Lipinski definition) is 0. The van der Waals surface area contributed by atoms with E-state index in [0.717, 1.165) is 183 Å². The van der Waals surface area contributed by atoms with Gasteiger partial charge in [-0.2, -0.15) is 0 Å². The summed E-state index contributed by atoms with van der Waals surface area (Å²) >= 11 is 0. The highest BCUT2D eigenvalue weighted by Crippen LogP contribution is 2.39. The molecule has 1 heterocycles. The van der Waals surface area contributed by atoms with Crippen LogP contribution in [0.15, 0.2) is 133 Å². The highest BCUT2D eigenvalue weighted by molar-refractivity contribution is 6.26. The van der Waals surface area contributed by atoms with Crippen LogP contribution in [-0.2, 0) is 45.4 Å². The number of nitrogens with zero attached hydrogens (tertiary/aromatic N) is 6. The Bertz CT molecular complexity index is 4260. The third-order valence-corrected chi connectivity index (χ3v) is 20.4. The number of rotatable bonds is 26. The molecule has 11 rings (SSSR count). The van der Waals surface area contributed by atoms with E-state index in [1.54, 1.807) is 0 Å². The second-order valence-electron chi connectivity index (χ2n) is 33.9. The normalized spacial score (nSPS) is 14.3. The van der Waals surface area contributed by atoms with Crippen molar-refractivity contribution in [1.29, 1.82) is 0 Å². The van der Waals surface area contributed by atoms with Gasteiger partial charge in [-0.25, -0.2) is 0 Å². The molecule has 0 atom stereocenters. The van der Waals surface area contributed by atoms with Crippen LogP contribution in [0, 0.1) is 47.4 Å². The summed E-state index contributed by atoms with van der Waals surface area (Å²) in [6.45, 7) is 15.2. The van der Waals surface area contributed by atoms with E-state index in [9.17, 15) is 0 Å². The Morgan fingerprint density at radius 1 is 0.279 bits per heavy atom. The molecule has 544 valence electrons. The topological polar surface area (TPSA) is 55.4 Å². The predicted octanol–water partition coefficient (Wildman–Crippen LogP) is 14.9. The minimum atomic E-state index is 0.261. The summed E-state index contributed by atoms with van der Waals surface area (Å²) in [5.41, 5.74) is 7.87. The van der Waals surface area contributed by atoms with Gasteiger partial charge in [0.1, 0.15) is 37.9 Å². The molecular weight excluding hydrogens is 1290 g/mol. The fraction of sp³-hybridized carbons (Fsp3) is 0.435. The lowest BCUT2D eigenvalue weighted by molar-refractivity contribution is -0.923. The van der Waals surface area contributed by atoms with E-state index in [1.165, 1.54) is 68.8 Å². The highest BCUT2D eigenvalue weighted by atomic mass is 16.5. The summed E-state index contributed by atoms with van der Waals surface area (Å²) in [4.78, 5) is 0. The summed E-state index contributed by atoms with van der Waals surface area (Å²) in [6.07, 6.45) is 6.67. The van der Waals surface area contributed by atoms with E-state index in [1.807, 2.05) is 0 Å². The van der Waals surface area contributed by atoms with Crippen molar-refractivity contribution in [3.8, 4) is 58.9 Å². The van der Waals surface area contributed by atoms with Gasteiger partial charge in [0.05, 0.1) is 204 Å². The summed E-state index contributed by atoms with van der Waals surface area (Å²) in [5, 5.41) is 13.9. The molecule has 0 saturated carbocycles. The molecule has 1 aliphatic rings. The van der Waals surface area contributed by atoms with Gasteiger partial charge in [0.2, 0.25) is 0 Å². The smallest absolute Gasteiger partial charge is 0.120 e. The van der Waals surface area contributed by atoms with Crippen molar-refractivity contribution in [1.82, 2.24) is 0 Å². The van der Waals surface area contributed by atoms with Gasteiger partial charge in [-0.15, -0.1) is 0 Å². The minimum Gasteiger partial charge on any atom is -0.493 e. The molecule has 0 amide bonds. The van der Waals surface area contributed by atoms with Crippen molar-refractivity contribution in [2.24, 2.45) is 0 Å². The summed E-state index contributed by atoms with van der Waals surface area (Å²) in [7, 11) is 32.4. The largest absolute Gasteiger partial charge is 0.493 e. The van der Waals surface area contributed by atoms with Crippen LogP contribution < -0.4 is 9.47 Å². The Labute approximate surface area is 622 Å². The second-order valence-corrected chi connectivity index (χ2v) is 33.9. The fourth-order valence-corrected chi connectivity index (χ4v) is 15.1. The van der Waals surface area contributed by atoms with Gasteiger partial charge in [0.15, 0.2) is 0 Å². The summed E-state index contributed by atoms with van der Waals surface area (Å²) in [5.74, 6) is 29.1. The first-order valence-corrected chi connectivity index (χ1v) is 37.8. The first kappa shape index (κ1) is 76.8. The molecule has 0 radical (unpaired) electrons. The molecule has 10 aromatic carbocycles. The summed E-state index contributed by atoms with van der Waals surface area (Å²) in [6, 6.07) is 47.7. The fourth-order valence-electron chi connectivity index (χ4n) is 15.1. The highest BCUT2D eigenvalue weighted by Gasteiger charge is 2.26. The molecule has 0 saturated heterocycles. The van der Waals surface area contributed by atoms with E-state index >= 15 is 0 Å². The Morgan fingerprint density at radius 3 is 0.750 bits per heavy atom. The molecule has 1 aliphatic heterocycles. The number of quaternary nitrogens is 6. The van der Waals surface area contributed by atoms with Crippen LogP contribution in [0.2, 0.25) is 0 Å². The maximum Gasteiger partial charge on any atom is 0.120 e. The lowest BCUT2D eigenvalue weighted by atomic mass is 9.90. The standard InChI is InChI=1S/C92H116N6O6/c1-93(2,3)45-19-49-97(13,50-20-46-94(4,5)6)53-23-59-103-83-63-71-61-72(64-83)68-100-56-16-26-76-30-34-80-40-44-88-78(32-36-82-38-42-86(76)90(80)92(82)88)28-18-58-102-70-74-62-73(65-84(66-74)104-60-24-54-98(14,51-21-47-95(7,8)9)52-22-48-96(10,11)12)69-101-57-17-27-77-31-35-81-37-41-85-75(25-15-55-99-67-71)29-33-79-39-43-87(77)91(81)89(79)85/h29-44,61-66H,19-24,45-60,67-70H2,1-14H3/q+6. The van der Waals surface area contributed by atoms with Crippen molar-refractivity contribution in [2.45, 2.75) is 65.0 Å². The van der Waals surface area contributed by atoms with Crippen LogP contribution in [-0.4, -0.2) is 231 Å². The van der Waals surface area contributed by atoms with E-state index in [-0.39, 0.29) is 26.4 Å². The van der Waals surface area contributed by atoms with Crippen LogP contribution in [0.3, 0.4) is 0 Å². The lowest BCUT2D eigenvalue weighted by Gasteiger charge is -2.36. The molecule has 0 N–H and O–H groups in total. The second kappa shape index (κ2) is 34.3. The Kier molecular flexibility index (Phi) is 25.3. The van der Waals surface area contributed by atoms with Crippen molar-refractivity contribution < 1.29 is 55.3 Å². The number of benzene rings is 10. The van der Waals surface area contributed by atoms with Crippen molar-refractivity contribution in [2.75, 3.05) is 204 Å². The van der Waals surface area contributed by atoms with Crippen molar-refractivity contribution in [3.63, 3.8) is 0 Å². The summed E-state index contributed by atoms with van der Waals surface area (Å²) < 4.78 is 44.9. The van der Waals surface area contributed by atoms with Gasteiger partial charge in [0, 0.05) is 60.8 Å². The van der Waals surface area contributed by atoms with Crippen LogP contribution in [0.25, 0.3) is 64.6 Å². The molecule has 104 heavy (non-hydrogen) atoms. The lowest BCUT2D eigenvalue weighted by Crippen LogP contribution is -2.49. The monoisotopic (exact) mass is 1400 g/mol. The Balaban J connectivity index is 0.847. The van der Waals surface area contributed by atoms with E-state index in [4.69, 9.17) is 28.4 Å². The average molecular weight is 1400 g/mol. The van der Waals surface area contributed by atoms with Gasteiger partial charge in [-0.05, 0) is 135 Å². The molecular formula is C92H116N6O6+6. The SMILES string of the molecule is C[N+](C)(C)CCC[N+](C)(CCCOc1cc2cc(c1)COCC#Cc1ccc3ccc4c(ccc5ccc1c3c54)C#CCOCc1cc(cc(OCCC[N+](C)(CCC[N+](C)(C)C)CCC[N+](C)(C)C)c1)COCC#Cc1ccc3ccc4c(ccc5ccc1c3c54)C#CCOC2)CCC[N+](C)(C)C. The molecule has 0 unspecified atom stereocenters. The average Bonchev–Trinajstić information content (AvgIpc) is 0.741. The maximum absolute atomic E-state index is 6.67. The molecule has 0 fully saturated rings. The van der Waals surface area contributed by atoms with Crippen LogP contribution >= 0.6 is 0 Å². The number of fused-ring (bicyclic) bond motifs is 4. The van der Waals surface area contributed by atoms with Crippen LogP contribution in [0.1, 0.15) is 83.0 Å². The number of hydrogen-bond acceptors (Lipinski definition) is 6. The van der Waals surface area contributed by atoms with Gasteiger partial charge in [-0.1, -0.05) is 132 Å². The minimum absolute atomic E-state index is 0.261. The molecule has 12 nitrogen and oxygen atoms in total. The van der Waals surface area contributed by atoms with E-state index in [0.29, 0.717) is 39.6 Å². The molecule has 12 heteroatoms. The van der Waals surface area contributed by atoms with Crippen molar-refractivity contribution in [3.05, 3.63) is 178 Å². The molecule has 10 aromatic rings. The zero-order chi connectivity index (χ0) is 73.5. The predicted molar refractivity (Wildman–Crippen MR) is 431 cm³/mol. The van der Waals surface area contributed by atoms with E-state index in [2.05, 4.69) is 279 Å². The van der Waals surface area contributed by atoms with E-state index < -0.39 is 0 Å². The molecule has 0 spiro atoms. The molecule has 0 aromatic heterocycles. The maximum atomic E-state index is 6.67. The Hall–Kier alpha value is -8.28. The number of ether oxygens (including phenoxy) is 6. The molecule has 16 bridgehead atoms. The van der Waals surface area contributed by atoms with Gasteiger partial charge in [0.25, 0.3) is 0 Å². The zero-order valence-corrected chi connectivity index (χ0v) is 65.2. The first-order chi connectivity index (χ1) is 49.7. The van der Waals surface area contributed by atoms with Gasteiger partial charge < -0.3 is 55.3 Å². The van der Waals surface area contributed by atoms with Crippen LogP contribution in [0.5, 0.6) is 11.5 Å². The van der Waals surface area contributed by atoms with Crippen molar-refractivity contribution >= 4 is 64.6 Å². The molecule has 0 aliphatic carbocycles. The third-order valence-electron chi connectivity index (χ3n) is 20.4. The first-order valence-electron chi connectivity index (χ1n) is 37.8. The van der Waals surface area contributed by atoms with Gasteiger partial charge >= 0.3 is 0 Å². The zero-order valence-electron chi connectivity index (χ0n) is 65.2.